The molecule has 1 heterocycles. The van der Waals surface area contributed by atoms with E-state index < -0.39 is 11.9 Å². The third-order valence-electron chi connectivity index (χ3n) is 5.90. The number of aryl methyl sites for hydroxylation is 2. The molecule has 1 unspecified atom stereocenters. The van der Waals surface area contributed by atoms with E-state index in [2.05, 4.69) is 6.58 Å². The third-order valence-corrected chi connectivity index (χ3v) is 5.90. The fraction of sp³-hybridized carbons (Fsp3) is 0.296. The molecule has 1 amide bonds. The molecule has 0 aromatic heterocycles. The molecule has 0 aliphatic carbocycles. The van der Waals surface area contributed by atoms with Gasteiger partial charge in [-0.2, -0.15) is 0 Å². The molecular formula is C27H29NO5. The number of hydrogen-bond donors (Lipinski definition) is 0. The summed E-state index contributed by atoms with van der Waals surface area (Å²) in [6, 6.07) is 12.9. The number of hydrogen-bond acceptors (Lipinski definition) is 5. The van der Waals surface area contributed by atoms with E-state index in [0.717, 1.165) is 22.3 Å². The molecule has 0 N–H and O–H groups in total. The number of allylic oxidation sites excluding steroid dienone is 1. The Balaban J connectivity index is 2.01. The monoisotopic (exact) mass is 447 g/mol. The Hall–Kier alpha value is -3.67. The van der Waals surface area contributed by atoms with Gasteiger partial charge in [-0.05, 0) is 49.6 Å². The summed E-state index contributed by atoms with van der Waals surface area (Å²) in [6.45, 7) is 9.75. The summed E-state index contributed by atoms with van der Waals surface area (Å²) in [5, 5.41) is 0. The highest BCUT2D eigenvalue weighted by Crippen LogP contribution is 2.39. The van der Waals surface area contributed by atoms with Crippen LogP contribution in [0.5, 0.6) is 0 Å². The molecular weight excluding hydrogens is 418 g/mol. The van der Waals surface area contributed by atoms with Crippen molar-refractivity contribution in [2.45, 2.75) is 39.7 Å². The Morgan fingerprint density at radius 2 is 1.79 bits per heavy atom. The number of ether oxygens (including phenoxy) is 2. The van der Waals surface area contributed by atoms with Crippen molar-refractivity contribution in [3.8, 4) is 0 Å². The van der Waals surface area contributed by atoms with Crippen LogP contribution in [0.2, 0.25) is 0 Å². The van der Waals surface area contributed by atoms with Crippen molar-refractivity contribution < 1.29 is 23.9 Å². The van der Waals surface area contributed by atoms with Gasteiger partial charge in [-0.15, -0.1) is 0 Å². The summed E-state index contributed by atoms with van der Waals surface area (Å²) in [4.78, 5) is 39.6. The molecule has 0 saturated heterocycles. The van der Waals surface area contributed by atoms with Crippen molar-refractivity contribution in [2.24, 2.45) is 0 Å². The van der Waals surface area contributed by atoms with Gasteiger partial charge in [-0.3, -0.25) is 4.79 Å². The average molecular weight is 448 g/mol. The van der Waals surface area contributed by atoms with Crippen molar-refractivity contribution in [2.75, 3.05) is 13.7 Å². The largest absolute Gasteiger partial charge is 0.465 e. The molecule has 172 valence electrons. The predicted octanol–water partition coefficient (Wildman–Crippen LogP) is 4.61. The standard InChI is InChI=1S/C27H29NO5/c1-6-13-33-27(31)25-19(4)28(16-20-9-11-21(12-10-20)26(30)32-5)24(29)15-23(25)22-14-17(2)7-8-18(22)3/h6-12,14,23H,1,13,15-16H2,2-5H3. The van der Waals surface area contributed by atoms with Crippen LogP contribution in [0.25, 0.3) is 0 Å². The molecule has 0 bridgehead atoms. The van der Waals surface area contributed by atoms with Crippen LogP contribution in [0.4, 0.5) is 0 Å². The Labute approximate surface area is 194 Å². The lowest BCUT2D eigenvalue weighted by Crippen LogP contribution is -2.38. The van der Waals surface area contributed by atoms with E-state index in [9.17, 15) is 14.4 Å². The van der Waals surface area contributed by atoms with Gasteiger partial charge < -0.3 is 14.4 Å². The number of amides is 1. The Kier molecular flexibility index (Phi) is 7.48. The van der Waals surface area contributed by atoms with Gasteiger partial charge in [-0.25, -0.2) is 9.59 Å². The highest BCUT2D eigenvalue weighted by molar-refractivity contribution is 5.96. The zero-order valence-electron chi connectivity index (χ0n) is 19.5. The summed E-state index contributed by atoms with van der Waals surface area (Å²) in [6.07, 6.45) is 1.69. The first-order valence-corrected chi connectivity index (χ1v) is 10.8. The molecule has 3 rings (SSSR count). The normalized spacial score (nSPS) is 15.9. The van der Waals surface area contributed by atoms with Crippen LogP contribution in [-0.2, 0) is 25.6 Å². The van der Waals surface area contributed by atoms with E-state index >= 15 is 0 Å². The number of esters is 2. The summed E-state index contributed by atoms with van der Waals surface area (Å²) in [5.41, 5.74) is 5.36. The number of benzene rings is 2. The summed E-state index contributed by atoms with van der Waals surface area (Å²) < 4.78 is 10.1. The second-order valence-electron chi connectivity index (χ2n) is 8.17. The molecule has 2 aromatic carbocycles. The van der Waals surface area contributed by atoms with Gasteiger partial charge in [0.25, 0.3) is 0 Å². The van der Waals surface area contributed by atoms with Gasteiger partial charge in [-0.1, -0.05) is 48.6 Å². The fourth-order valence-electron chi connectivity index (χ4n) is 4.13. The highest BCUT2D eigenvalue weighted by atomic mass is 16.5. The van der Waals surface area contributed by atoms with Crippen LogP contribution < -0.4 is 0 Å². The van der Waals surface area contributed by atoms with E-state index in [-0.39, 0.29) is 31.4 Å². The molecule has 2 aromatic rings. The smallest absolute Gasteiger partial charge is 0.337 e. The molecule has 1 aliphatic heterocycles. The maximum atomic E-state index is 13.2. The van der Waals surface area contributed by atoms with Gasteiger partial charge in [0.1, 0.15) is 6.61 Å². The molecule has 0 radical (unpaired) electrons. The predicted molar refractivity (Wildman–Crippen MR) is 125 cm³/mol. The van der Waals surface area contributed by atoms with E-state index in [4.69, 9.17) is 9.47 Å². The van der Waals surface area contributed by atoms with Crippen LogP contribution in [0, 0.1) is 13.8 Å². The van der Waals surface area contributed by atoms with Crippen LogP contribution in [0.3, 0.4) is 0 Å². The molecule has 1 atom stereocenters. The van der Waals surface area contributed by atoms with Gasteiger partial charge in [0, 0.05) is 18.0 Å². The highest BCUT2D eigenvalue weighted by Gasteiger charge is 2.37. The molecule has 6 heteroatoms. The molecule has 1 aliphatic rings. The first-order valence-electron chi connectivity index (χ1n) is 10.8. The number of methoxy groups -OCH3 is 1. The second-order valence-corrected chi connectivity index (χ2v) is 8.17. The van der Waals surface area contributed by atoms with E-state index in [1.165, 1.54) is 13.2 Å². The maximum Gasteiger partial charge on any atom is 0.337 e. The topological polar surface area (TPSA) is 72.9 Å². The maximum absolute atomic E-state index is 13.2. The van der Waals surface area contributed by atoms with Crippen LogP contribution >= 0.6 is 0 Å². The van der Waals surface area contributed by atoms with Crippen molar-refractivity contribution in [3.05, 3.63) is 94.2 Å². The van der Waals surface area contributed by atoms with Gasteiger partial charge >= 0.3 is 11.9 Å². The number of nitrogens with zero attached hydrogens (tertiary/aromatic N) is 1. The first-order chi connectivity index (χ1) is 15.8. The molecule has 0 spiro atoms. The zero-order chi connectivity index (χ0) is 24.1. The first kappa shape index (κ1) is 24.0. The lowest BCUT2D eigenvalue weighted by molar-refractivity contribution is -0.139. The van der Waals surface area contributed by atoms with Gasteiger partial charge in [0.05, 0.1) is 24.8 Å². The molecule has 6 nitrogen and oxygen atoms in total. The minimum atomic E-state index is -0.447. The zero-order valence-corrected chi connectivity index (χ0v) is 19.5. The van der Waals surface area contributed by atoms with Gasteiger partial charge in [0.15, 0.2) is 0 Å². The molecule has 0 fully saturated rings. The van der Waals surface area contributed by atoms with Gasteiger partial charge in [0.2, 0.25) is 5.91 Å². The Bertz CT molecular complexity index is 1110. The number of carbonyl (C=O) groups is 3. The second kappa shape index (κ2) is 10.3. The molecule has 0 saturated carbocycles. The van der Waals surface area contributed by atoms with E-state index in [1.54, 1.807) is 36.1 Å². The van der Waals surface area contributed by atoms with Crippen LogP contribution in [0.15, 0.2) is 66.4 Å². The van der Waals surface area contributed by atoms with Crippen molar-refractivity contribution in [3.63, 3.8) is 0 Å². The SMILES string of the molecule is C=CCOC(=O)C1=C(C)N(Cc2ccc(C(=O)OC)cc2)C(=O)CC1c1cc(C)ccc1C. The minimum Gasteiger partial charge on any atom is -0.465 e. The van der Waals surface area contributed by atoms with Crippen molar-refractivity contribution >= 4 is 17.8 Å². The number of carbonyl (C=O) groups excluding carboxylic acids is 3. The van der Waals surface area contributed by atoms with Crippen LogP contribution in [-0.4, -0.2) is 36.5 Å². The minimum absolute atomic E-state index is 0.0734. The fourth-order valence-corrected chi connectivity index (χ4v) is 4.13. The summed E-state index contributed by atoms with van der Waals surface area (Å²) >= 11 is 0. The lowest BCUT2D eigenvalue weighted by Gasteiger charge is -2.35. The average Bonchev–Trinajstić information content (AvgIpc) is 2.81. The van der Waals surface area contributed by atoms with Crippen LogP contribution in [0.1, 0.15) is 51.9 Å². The van der Waals surface area contributed by atoms with Crippen molar-refractivity contribution in [1.82, 2.24) is 4.90 Å². The molecule has 33 heavy (non-hydrogen) atoms. The van der Waals surface area contributed by atoms with E-state index in [0.29, 0.717) is 16.8 Å². The Morgan fingerprint density at radius 3 is 2.42 bits per heavy atom. The summed E-state index contributed by atoms with van der Waals surface area (Å²) in [7, 11) is 1.33. The van der Waals surface area contributed by atoms with Crippen molar-refractivity contribution in [1.29, 1.82) is 0 Å². The lowest BCUT2D eigenvalue weighted by atomic mass is 9.81. The quantitative estimate of drug-likeness (QED) is 0.458. The summed E-state index contributed by atoms with van der Waals surface area (Å²) in [5.74, 6) is -1.32. The number of rotatable bonds is 7. The Morgan fingerprint density at radius 1 is 1.09 bits per heavy atom. The third kappa shape index (κ3) is 5.22. The van der Waals surface area contributed by atoms with E-state index in [1.807, 2.05) is 32.0 Å².